The van der Waals surface area contributed by atoms with Gasteiger partial charge in [-0.15, -0.1) is 0 Å². The van der Waals surface area contributed by atoms with Crippen molar-refractivity contribution in [3.63, 3.8) is 0 Å². The second kappa shape index (κ2) is 5.67. The number of hydrogen-bond acceptors (Lipinski definition) is 4. The molecule has 1 aliphatic rings. The predicted molar refractivity (Wildman–Crippen MR) is 72.3 cm³/mol. The van der Waals surface area contributed by atoms with Crippen molar-refractivity contribution in [2.24, 2.45) is 11.7 Å². The quantitative estimate of drug-likeness (QED) is 0.855. The number of rotatable bonds is 3. The first-order valence-electron chi connectivity index (χ1n) is 6.69. The zero-order valence-corrected chi connectivity index (χ0v) is 11.3. The molecule has 2 rings (SSSR count). The molecule has 2 atom stereocenters. The highest BCUT2D eigenvalue weighted by Crippen LogP contribution is 2.23. The average molecular weight is 249 g/mol. The predicted octanol–water partition coefficient (Wildman–Crippen LogP) is 1.65. The van der Waals surface area contributed by atoms with Crippen molar-refractivity contribution in [3.8, 4) is 5.75 Å². The maximum Gasteiger partial charge on any atom is 0.138 e. The summed E-state index contributed by atoms with van der Waals surface area (Å²) in [6, 6.07) is 3.80. The third kappa shape index (κ3) is 3.21. The second-order valence-corrected chi connectivity index (χ2v) is 5.41. The maximum absolute atomic E-state index is 9.83. The van der Waals surface area contributed by atoms with E-state index in [4.69, 9.17) is 5.73 Å². The number of nitrogens with two attached hydrogens (primary N) is 1. The van der Waals surface area contributed by atoms with E-state index >= 15 is 0 Å². The normalized spacial score (nSPS) is 22.9. The monoisotopic (exact) mass is 249 g/mol. The van der Waals surface area contributed by atoms with Crippen LogP contribution in [-0.2, 0) is 6.54 Å². The molecule has 0 aliphatic carbocycles. The lowest BCUT2D eigenvalue weighted by Crippen LogP contribution is -2.42. The molecule has 1 fully saturated rings. The minimum Gasteiger partial charge on any atom is -0.506 e. The summed E-state index contributed by atoms with van der Waals surface area (Å²) in [6.45, 7) is 6.82. The van der Waals surface area contributed by atoms with Crippen LogP contribution in [-0.4, -0.2) is 34.1 Å². The topological polar surface area (TPSA) is 62.4 Å². The molecule has 2 unspecified atom stereocenters. The van der Waals surface area contributed by atoms with Crippen LogP contribution in [0, 0.1) is 12.8 Å². The molecule has 1 aromatic heterocycles. The lowest BCUT2D eigenvalue weighted by atomic mass is 9.92. The highest BCUT2D eigenvalue weighted by molar-refractivity contribution is 5.27. The van der Waals surface area contributed by atoms with E-state index in [1.165, 1.54) is 12.8 Å². The van der Waals surface area contributed by atoms with E-state index in [0.717, 1.165) is 31.0 Å². The summed E-state index contributed by atoms with van der Waals surface area (Å²) in [6.07, 6.45) is 2.39. The second-order valence-electron chi connectivity index (χ2n) is 5.41. The van der Waals surface area contributed by atoms with E-state index < -0.39 is 0 Å². The van der Waals surface area contributed by atoms with Gasteiger partial charge in [-0.05, 0) is 51.3 Å². The number of piperidine rings is 1. The molecule has 0 radical (unpaired) electrons. The van der Waals surface area contributed by atoms with Crippen molar-refractivity contribution in [2.45, 2.75) is 39.3 Å². The fourth-order valence-corrected chi connectivity index (χ4v) is 2.60. The highest BCUT2D eigenvalue weighted by atomic mass is 16.3. The summed E-state index contributed by atoms with van der Waals surface area (Å²) < 4.78 is 0. The molecule has 4 heteroatoms. The van der Waals surface area contributed by atoms with Gasteiger partial charge in [0.05, 0.1) is 5.69 Å². The molecule has 1 saturated heterocycles. The molecule has 4 nitrogen and oxygen atoms in total. The molecular weight excluding hydrogens is 226 g/mol. The maximum atomic E-state index is 9.83. The van der Waals surface area contributed by atoms with Crippen LogP contribution >= 0.6 is 0 Å². The van der Waals surface area contributed by atoms with E-state index in [1.807, 2.05) is 13.0 Å². The summed E-state index contributed by atoms with van der Waals surface area (Å²) >= 11 is 0. The lowest BCUT2D eigenvalue weighted by Gasteiger charge is -2.34. The third-order valence-corrected chi connectivity index (χ3v) is 3.75. The van der Waals surface area contributed by atoms with Crippen LogP contribution < -0.4 is 5.73 Å². The van der Waals surface area contributed by atoms with Crippen molar-refractivity contribution in [1.82, 2.24) is 9.88 Å². The molecule has 2 heterocycles. The van der Waals surface area contributed by atoms with Crippen molar-refractivity contribution in [2.75, 3.05) is 13.1 Å². The van der Waals surface area contributed by atoms with Gasteiger partial charge in [-0.25, -0.2) is 0 Å². The van der Waals surface area contributed by atoms with Gasteiger partial charge in [0, 0.05) is 24.8 Å². The minimum absolute atomic E-state index is 0.242. The largest absolute Gasteiger partial charge is 0.506 e. The van der Waals surface area contributed by atoms with Gasteiger partial charge < -0.3 is 10.8 Å². The minimum atomic E-state index is 0.242. The summed E-state index contributed by atoms with van der Waals surface area (Å²) in [4.78, 5) is 6.76. The highest BCUT2D eigenvalue weighted by Gasteiger charge is 2.23. The molecular formula is C14H23N3O. The summed E-state index contributed by atoms with van der Waals surface area (Å²) in [5.74, 6) is 0.856. The van der Waals surface area contributed by atoms with Crippen LogP contribution in [0.4, 0.5) is 0 Å². The Morgan fingerprint density at radius 2 is 2.33 bits per heavy atom. The van der Waals surface area contributed by atoms with Crippen LogP contribution in [0.5, 0.6) is 5.75 Å². The first-order chi connectivity index (χ1) is 8.56. The number of aryl methyl sites for hydroxylation is 1. The van der Waals surface area contributed by atoms with E-state index in [0.29, 0.717) is 11.7 Å². The van der Waals surface area contributed by atoms with Crippen LogP contribution in [0.15, 0.2) is 12.1 Å². The number of pyridine rings is 1. The van der Waals surface area contributed by atoms with E-state index in [9.17, 15) is 5.11 Å². The summed E-state index contributed by atoms with van der Waals surface area (Å²) in [7, 11) is 0. The molecule has 100 valence electrons. The Morgan fingerprint density at radius 3 is 3.06 bits per heavy atom. The fraction of sp³-hybridized carbons (Fsp3) is 0.643. The molecule has 0 saturated carbocycles. The van der Waals surface area contributed by atoms with Gasteiger partial charge in [-0.2, -0.15) is 0 Å². The zero-order chi connectivity index (χ0) is 13.1. The zero-order valence-electron chi connectivity index (χ0n) is 11.3. The van der Waals surface area contributed by atoms with Gasteiger partial charge >= 0.3 is 0 Å². The van der Waals surface area contributed by atoms with Gasteiger partial charge in [0.15, 0.2) is 0 Å². The van der Waals surface area contributed by atoms with Gasteiger partial charge in [-0.3, -0.25) is 9.88 Å². The van der Waals surface area contributed by atoms with Crippen molar-refractivity contribution < 1.29 is 5.11 Å². The standard InChI is InChI=1S/C14H23N3O/c1-10-5-6-14(18)13(16-10)9-17-7-3-4-12(8-17)11(2)15/h5-6,11-12,18H,3-4,7-9,15H2,1-2H3. The number of hydrogen-bond donors (Lipinski definition) is 2. The molecule has 18 heavy (non-hydrogen) atoms. The van der Waals surface area contributed by atoms with Crippen LogP contribution in [0.3, 0.4) is 0 Å². The van der Waals surface area contributed by atoms with Gasteiger partial charge in [0.1, 0.15) is 5.75 Å². The SMILES string of the molecule is Cc1ccc(O)c(CN2CCCC(C(C)N)C2)n1. The smallest absolute Gasteiger partial charge is 0.138 e. The Hall–Kier alpha value is -1.13. The Kier molecular flexibility index (Phi) is 4.19. The Balaban J connectivity index is 2.02. The average Bonchev–Trinajstić information content (AvgIpc) is 2.34. The first kappa shape index (κ1) is 13.3. The van der Waals surface area contributed by atoms with Gasteiger partial charge in [0.25, 0.3) is 0 Å². The molecule has 3 N–H and O–H groups in total. The Labute approximate surface area is 109 Å². The number of aromatic nitrogens is 1. The number of nitrogens with zero attached hydrogens (tertiary/aromatic N) is 2. The van der Waals surface area contributed by atoms with Gasteiger partial charge in [0.2, 0.25) is 0 Å². The Bertz CT molecular complexity index is 406. The van der Waals surface area contributed by atoms with Crippen LogP contribution in [0.1, 0.15) is 31.2 Å². The van der Waals surface area contributed by atoms with Crippen molar-refractivity contribution in [1.29, 1.82) is 0 Å². The number of likely N-dealkylation sites (tertiary alicyclic amines) is 1. The van der Waals surface area contributed by atoms with Crippen LogP contribution in [0.2, 0.25) is 0 Å². The van der Waals surface area contributed by atoms with E-state index in [1.54, 1.807) is 6.07 Å². The third-order valence-electron chi connectivity index (χ3n) is 3.75. The Morgan fingerprint density at radius 1 is 1.56 bits per heavy atom. The molecule has 0 spiro atoms. The lowest BCUT2D eigenvalue weighted by molar-refractivity contribution is 0.151. The van der Waals surface area contributed by atoms with Gasteiger partial charge in [-0.1, -0.05) is 0 Å². The fourth-order valence-electron chi connectivity index (χ4n) is 2.60. The first-order valence-corrected chi connectivity index (χ1v) is 6.69. The number of aromatic hydroxyl groups is 1. The molecule has 0 bridgehead atoms. The van der Waals surface area contributed by atoms with E-state index in [2.05, 4.69) is 16.8 Å². The summed E-state index contributed by atoms with van der Waals surface area (Å²) in [5.41, 5.74) is 7.71. The molecule has 1 aromatic rings. The van der Waals surface area contributed by atoms with E-state index in [-0.39, 0.29) is 6.04 Å². The molecule has 1 aliphatic heterocycles. The van der Waals surface area contributed by atoms with Crippen molar-refractivity contribution in [3.05, 3.63) is 23.5 Å². The summed E-state index contributed by atoms with van der Waals surface area (Å²) in [5, 5.41) is 9.83. The molecule has 0 amide bonds. The van der Waals surface area contributed by atoms with Crippen LogP contribution in [0.25, 0.3) is 0 Å². The van der Waals surface area contributed by atoms with Crippen molar-refractivity contribution >= 4 is 0 Å². The molecule has 0 aromatic carbocycles.